The van der Waals surface area contributed by atoms with Crippen LogP contribution in [0.15, 0.2) is 28.7 Å². The fraction of sp³-hybridized carbons (Fsp3) is 0.125. The van der Waals surface area contributed by atoms with Gasteiger partial charge < -0.3 is 5.32 Å². The number of benzene rings is 1. The molecule has 0 saturated carbocycles. The zero-order valence-corrected chi connectivity index (χ0v) is 14.3. The normalized spacial score (nSPS) is 10.7. The lowest BCUT2D eigenvalue weighted by molar-refractivity contribution is -0.111. The van der Waals surface area contributed by atoms with Crippen molar-refractivity contribution in [2.75, 3.05) is 5.32 Å². The molecule has 6 heteroatoms. The fourth-order valence-corrected chi connectivity index (χ4v) is 3.20. The number of aryl methyl sites for hydroxylation is 1. The molecule has 1 heterocycles. The van der Waals surface area contributed by atoms with Crippen LogP contribution in [0.25, 0.3) is 6.08 Å². The lowest BCUT2D eigenvalue weighted by Gasteiger charge is -2.00. The predicted octanol–water partition coefficient (Wildman–Crippen LogP) is 4.79. The van der Waals surface area contributed by atoms with Crippen LogP contribution in [0.5, 0.6) is 0 Å². The van der Waals surface area contributed by atoms with Crippen molar-refractivity contribution >= 4 is 44.3 Å². The molecule has 0 aliphatic heterocycles. The van der Waals surface area contributed by atoms with Gasteiger partial charge in [-0.3, -0.25) is 4.79 Å². The van der Waals surface area contributed by atoms with Gasteiger partial charge in [-0.1, -0.05) is 15.9 Å². The van der Waals surface area contributed by atoms with E-state index in [0.717, 1.165) is 14.9 Å². The minimum Gasteiger partial charge on any atom is -0.313 e. The number of thiophene rings is 1. The molecule has 1 amide bonds. The number of hydrogen-bond acceptors (Lipinski definition) is 3. The smallest absolute Gasteiger partial charge is 0.249 e. The van der Waals surface area contributed by atoms with Gasteiger partial charge in [-0.05, 0) is 43.7 Å². The summed E-state index contributed by atoms with van der Waals surface area (Å²) in [4.78, 5) is 12.9. The van der Waals surface area contributed by atoms with Crippen LogP contribution < -0.4 is 5.32 Å². The number of halogens is 2. The van der Waals surface area contributed by atoms with Crippen LogP contribution in [-0.4, -0.2) is 5.91 Å². The molecule has 0 atom stereocenters. The van der Waals surface area contributed by atoms with Gasteiger partial charge in [-0.15, -0.1) is 11.3 Å². The van der Waals surface area contributed by atoms with E-state index in [1.807, 2.05) is 13.8 Å². The van der Waals surface area contributed by atoms with Gasteiger partial charge in [0.15, 0.2) is 0 Å². The van der Waals surface area contributed by atoms with Gasteiger partial charge in [0.25, 0.3) is 0 Å². The highest BCUT2D eigenvalue weighted by molar-refractivity contribution is 9.10. The summed E-state index contributed by atoms with van der Waals surface area (Å²) in [5.74, 6) is -0.815. The average Bonchev–Trinajstić information content (AvgIpc) is 2.74. The van der Waals surface area contributed by atoms with Crippen molar-refractivity contribution in [1.82, 2.24) is 0 Å². The summed E-state index contributed by atoms with van der Waals surface area (Å²) in [6.07, 6.45) is 2.64. The first kappa shape index (κ1) is 16.4. The molecule has 0 unspecified atom stereocenters. The molecule has 2 rings (SSSR count). The third kappa shape index (κ3) is 3.62. The molecule has 112 valence electrons. The van der Waals surface area contributed by atoms with Crippen LogP contribution in [-0.2, 0) is 4.79 Å². The Kier molecular flexibility index (Phi) is 5.11. The third-order valence-electron chi connectivity index (χ3n) is 3.11. The summed E-state index contributed by atoms with van der Waals surface area (Å²) in [7, 11) is 0. The van der Waals surface area contributed by atoms with Crippen molar-refractivity contribution in [1.29, 1.82) is 5.26 Å². The molecule has 0 aliphatic rings. The Labute approximate surface area is 140 Å². The molecule has 0 radical (unpaired) electrons. The number of carbonyl (C=O) groups excluding carboxylic acids is 1. The van der Waals surface area contributed by atoms with Gasteiger partial charge in [0.1, 0.15) is 16.9 Å². The van der Waals surface area contributed by atoms with Crippen LogP contribution in [0.4, 0.5) is 9.39 Å². The minimum atomic E-state index is -0.409. The molecule has 1 aromatic carbocycles. The summed E-state index contributed by atoms with van der Waals surface area (Å²) < 4.78 is 14.3. The van der Waals surface area contributed by atoms with Crippen molar-refractivity contribution < 1.29 is 9.18 Å². The van der Waals surface area contributed by atoms with Crippen LogP contribution in [0.3, 0.4) is 0 Å². The highest BCUT2D eigenvalue weighted by atomic mass is 79.9. The molecule has 0 aliphatic carbocycles. The molecule has 0 bridgehead atoms. The number of nitrogens with zero attached hydrogens (tertiary/aromatic N) is 1. The van der Waals surface area contributed by atoms with E-state index in [9.17, 15) is 9.18 Å². The second kappa shape index (κ2) is 6.86. The standard InChI is InChI=1S/C16H12BrFN2OS/c1-9-10(2)22-16(13(9)8-19)20-15(21)6-3-11-7-12(17)4-5-14(11)18/h3-7H,1-2H3,(H,20,21)/b6-3+. The first-order chi connectivity index (χ1) is 10.4. The largest absolute Gasteiger partial charge is 0.313 e. The van der Waals surface area contributed by atoms with Crippen molar-refractivity contribution in [3.05, 3.63) is 56.1 Å². The van der Waals surface area contributed by atoms with Crippen molar-refractivity contribution in [2.24, 2.45) is 0 Å². The van der Waals surface area contributed by atoms with E-state index in [4.69, 9.17) is 5.26 Å². The van der Waals surface area contributed by atoms with Crippen molar-refractivity contribution in [2.45, 2.75) is 13.8 Å². The quantitative estimate of drug-likeness (QED) is 0.780. The molecular weight excluding hydrogens is 367 g/mol. The first-order valence-electron chi connectivity index (χ1n) is 6.36. The van der Waals surface area contributed by atoms with E-state index in [0.29, 0.717) is 16.1 Å². The molecular formula is C16H12BrFN2OS. The third-order valence-corrected chi connectivity index (χ3v) is 4.72. The monoisotopic (exact) mass is 378 g/mol. The van der Waals surface area contributed by atoms with Crippen LogP contribution in [0.1, 0.15) is 21.6 Å². The minimum absolute atomic E-state index is 0.309. The molecule has 0 saturated heterocycles. The van der Waals surface area contributed by atoms with E-state index in [2.05, 4.69) is 27.3 Å². The number of carbonyl (C=O) groups is 1. The molecule has 0 fully saturated rings. The number of nitrogens with one attached hydrogen (secondary N) is 1. The van der Waals surface area contributed by atoms with Gasteiger partial charge in [-0.2, -0.15) is 5.26 Å². The summed E-state index contributed by atoms with van der Waals surface area (Å²) in [6, 6.07) is 6.58. The molecule has 2 aromatic rings. The van der Waals surface area contributed by atoms with Gasteiger partial charge >= 0.3 is 0 Å². The molecule has 22 heavy (non-hydrogen) atoms. The summed E-state index contributed by atoms with van der Waals surface area (Å²) in [5, 5.41) is 12.3. The molecule has 3 nitrogen and oxygen atoms in total. The number of anilines is 1. The number of rotatable bonds is 3. The van der Waals surface area contributed by atoms with E-state index in [-0.39, 0.29) is 0 Å². The Hall–Kier alpha value is -1.97. The Bertz CT molecular complexity index is 805. The zero-order valence-electron chi connectivity index (χ0n) is 11.9. The van der Waals surface area contributed by atoms with E-state index in [1.165, 1.54) is 29.6 Å². The van der Waals surface area contributed by atoms with Crippen LogP contribution in [0.2, 0.25) is 0 Å². The number of nitriles is 1. The average molecular weight is 379 g/mol. The first-order valence-corrected chi connectivity index (χ1v) is 7.97. The second-order valence-electron chi connectivity index (χ2n) is 4.59. The summed E-state index contributed by atoms with van der Waals surface area (Å²) in [6.45, 7) is 3.73. The van der Waals surface area contributed by atoms with Crippen LogP contribution >= 0.6 is 27.3 Å². The topological polar surface area (TPSA) is 52.9 Å². The van der Waals surface area contributed by atoms with E-state index in [1.54, 1.807) is 12.1 Å². The predicted molar refractivity (Wildman–Crippen MR) is 90.3 cm³/mol. The van der Waals surface area contributed by atoms with Gasteiger partial charge in [0.2, 0.25) is 5.91 Å². The maximum Gasteiger partial charge on any atom is 0.249 e. The zero-order chi connectivity index (χ0) is 16.3. The Morgan fingerprint density at radius 1 is 1.45 bits per heavy atom. The Morgan fingerprint density at radius 3 is 2.86 bits per heavy atom. The number of amides is 1. The Morgan fingerprint density at radius 2 is 2.18 bits per heavy atom. The highest BCUT2D eigenvalue weighted by Crippen LogP contribution is 2.31. The molecule has 1 aromatic heterocycles. The van der Waals surface area contributed by atoms with E-state index < -0.39 is 11.7 Å². The lowest BCUT2D eigenvalue weighted by Crippen LogP contribution is -2.07. The van der Waals surface area contributed by atoms with Gasteiger partial charge in [0, 0.05) is 21.0 Å². The lowest BCUT2D eigenvalue weighted by atomic mass is 10.2. The highest BCUT2D eigenvalue weighted by Gasteiger charge is 2.13. The SMILES string of the molecule is Cc1sc(NC(=O)/C=C/c2cc(Br)ccc2F)c(C#N)c1C. The van der Waals surface area contributed by atoms with Gasteiger partial charge in [-0.25, -0.2) is 4.39 Å². The Balaban J connectivity index is 2.17. The van der Waals surface area contributed by atoms with Crippen LogP contribution in [0, 0.1) is 31.0 Å². The van der Waals surface area contributed by atoms with Crippen molar-refractivity contribution in [3.63, 3.8) is 0 Å². The summed E-state index contributed by atoms with van der Waals surface area (Å²) >= 11 is 4.60. The van der Waals surface area contributed by atoms with Crippen molar-refractivity contribution in [3.8, 4) is 6.07 Å². The fourth-order valence-electron chi connectivity index (χ4n) is 1.81. The number of hydrogen-bond donors (Lipinski definition) is 1. The second-order valence-corrected chi connectivity index (χ2v) is 6.73. The molecule has 1 N–H and O–H groups in total. The molecule has 0 spiro atoms. The maximum absolute atomic E-state index is 13.6. The maximum atomic E-state index is 13.6. The summed E-state index contributed by atoms with van der Waals surface area (Å²) in [5.41, 5.74) is 1.64. The van der Waals surface area contributed by atoms with E-state index >= 15 is 0 Å². The van der Waals surface area contributed by atoms with Gasteiger partial charge in [0.05, 0.1) is 5.56 Å².